The summed E-state index contributed by atoms with van der Waals surface area (Å²) < 4.78 is 28.0. The number of rotatable bonds is 4. The van der Waals surface area contributed by atoms with Crippen molar-refractivity contribution in [1.82, 2.24) is 4.72 Å². The van der Waals surface area contributed by atoms with E-state index < -0.39 is 28.0 Å². The maximum Gasteiger partial charge on any atom is 0.311 e. The van der Waals surface area contributed by atoms with Crippen molar-refractivity contribution >= 4 is 27.3 Å². The van der Waals surface area contributed by atoms with Crippen LogP contribution in [-0.4, -0.2) is 19.5 Å². The Morgan fingerprint density at radius 3 is 2.55 bits per heavy atom. The van der Waals surface area contributed by atoms with E-state index in [0.717, 1.165) is 16.9 Å². The van der Waals surface area contributed by atoms with E-state index in [-0.39, 0.29) is 10.6 Å². The molecule has 3 rings (SSSR count). The van der Waals surface area contributed by atoms with Crippen LogP contribution in [-0.2, 0) is 14.8 Å². The minimum absolute atomic E-state index is 0.234. The second-order valence-electron chi connectivity index (χ2n) is 5.32. The Morgan fingerprint density at radius 1 is 1.27 bits per heavy atom. The van der Waals surface area contributed by atoms with E-state index in [1.807, 2.05) is 0 Å². The monoisotopic (exact) mass is 337 g/mol. The van der Waals surface area contributed by atoms with Gasteiger partial charge in [-0.15, -0.1) is 11.3 Å². The fourth-order valence-electron chi connectivity index (χ4n) is 2.86. The first-order valence-corrected chi connectivity index (χ1v) is 9.14. The summed E-state index contributed by atoms with van der Waals surface area (Å²) in [5, 5.41) is 11.1. The van der Waals surface area contributed by atoms with Gasteiger partial charge >= 0.3 is 5.97 Å². The smallest absolute Gasteiger partial charge is 0.311 e. The summed E-state index contributed by atoms with van der Waals surface area (Å²) >= 11 is 1.16. The molecule has 0 bridgehead atoms. The van der Waals surface area contributed by atoms with Gasteiger partial charge in [0.15, 0.2) is 0 Å². The highest BCUT2D eigenvalue weighted by atomic mass is 32.2. The van der Waals surface area contributed by atoms with E-state index in [2.05, 4.69) is 4.72 Å². The number of thiophene rings is 1. The van der Waals surface area contributed by atoms with Gasteiger partial charge < -0.3 is 5.11 Å². The topological polar surface area (TPSA) is 83.5 Å². The number of nitrogens with one attached hydrogen (secondary N) is 1. The van der Waals surface area contributed by atoms with Gasteiger partial charge in [-0.05, 0) is 41.5 Å². The van der Waals surface area contributed by atoms with Crippen LogP contribution in [0.25, 0.3) is 0 Å². The minimum atomic E-state index is -3.65. The fourth-order valence-corrected chi connectivity index (χ4v) is 5.52. The van der Waals surface area contributed by atoms with Crippen molar-refractivity contribution in [2.45, 2.75) is 29.5 Å². The molecule has 0 spiro atoms. The number of carboxylic acids is 1. The highest BCUT2D eigenvalue weighted by Crippen LogP contribution is 2.41. The zero-order valence-electron chi connectivity index (χ0n) is 11.8. The molecule has 1 aliphatic carbocycles. The number of benzene rings is 1. The van der Waals surface area contributed by atoms with E-state index in [4.69, 9.17) is 0 Å². The number of hydrogen-bond donors (Lipinski definition) is 2. The Balaban J connectivity index is 1.94. The average Bonchev–Trinajstić information content (AvgIpc) is 3.04. The molecule has 2 aromatic rings. The molecule has 2 N–H and O–H groups in total. The molecule has 0 amide bonds. The molecule has 1 heterocycles. The molecule has 0 fully saturated rings. The van der Waals surface area contributed by atoms with E-state index >= 15 is 0 Å². The normalized spacial score (nSPS) is 20.8. The van der Waals surface area contributed by atoms with Crippen LogP contribution in [0.2, 0.25) is 0 Å². The molecular weight excluding hydrogens is 322 g/mol. The van der Waals surface area contributed by atoms with Crippen molar-refractivity contribution in [3.63, 3.8) is 0 Å². The van der Waals surface area contributed by atoms with Gasteiger partial charge in [0.2, 0.25) is 0 Å². The number of hydrogen-bond acceptors (Lipinski definition) is 4. The zero-order chi connectivity index (χ0) is 15.9. The molecule has 0 radical (unpaired) electrons. The first-order valence-electron chi connectivity index (χ1n) is 6.78. The van der Waals surface area contributed by atoms with Gasteiger partial charge in [0, 0.05) is 6.04 Å². The number of aliphatic carboxylic acids is 1. The highest BCUT2D eigenvalue weighted by molar-refractivity contribution is 7.91. The van der Waals surface area contributed by atoms with Crippen LogP contribution in [0.4, 0.5) is 0 Å². The lowest BCUT2D eigenvalue weighted by molar-refractivity contribution is -0.138. The molecule has 0 saturated heterocycles. The molecular formula is C15H15NO4S2. The lowest BCUT2D eigenvalue weighted by Gasteiger charge is -2.14. The second-order valence-corrected chi connectivity index (χ2v) is 8.15. The lowest BCUT2D eigenvalue weighted by Crippen LogP contribution is -2.27. The van der Waals surface area contributed by atoms with Gasteiger partial charge in [-0.1, -0.05) is 24.3 Å². The van der Waals surface area contributed by atoms with Crippen molar-refractivity contribution in [2.75, 3.05) is 0 Å². The SMILES string of the molecule is Cc1ccsc1S(=O)(=O)N[C@@H]1C[C@H](C(=O)O)c2ccccc21. The van der Waals surface area contributed by atoms with Crippen LogP contribution in [0.15, 0.2) is 39.9 Å². The maximum absolute atomic E-state index is 12.5. The van der Waals surface area contributed by atoms with Gasteiger partial charge in [-0.25, -0.2) is 13.1 Å². The molecule has 116 valence electrons. The first-order chi connectivity index (χ1) is 10.4. The molecule has 2 atom stereocenters. The van der Waals surface area contributed by atoms with Crippen LogP contribution >= 0.6 is 11.3 Å². The molecule has 5 nitrogen and oxygen atoms in total. The van der Waals surface area contributed by atoms with Crippen LogP contribution < -0.4 is 4.72 Å². The van der Waals surface area contributed by atoms with Crippen molar-refractivity contribution in [3.05, 3.63) is 52.4 Å². The lowest BCUT2D eigenvalue weighted by atomic mass is 10.0. The Labute approximate surface area is 132 Å². The van der Waals surface area contributed by atoms with Gasteiger partial charge in [0.25, 0.3) is 10.0 Å². The zero-order valence-corrected chi connectivity index (χ0v) is 13.4. The minimum Gasteiger partial charge on any atom is -0.481 e. The number of sulfonamides is 1. The molecule has 1 aromatic heterocycles. The first kappa shape index (κ1) is 15.2. The molecule has 7 heteroatoms. The summed E-state index contributed by atoms with van der Waals surface area (Å²) in [5.41, 5.74) is 2.12. The third kappa shape index (κ3) is 2.55. The molecule has 0 aliphatic heterocycles. The molecule has 1 aromatic carbocycles. The number of carboxylic acid groups (broad SMARTS) is 1. The number of aryl methyl sites for hydroxylation is 1. The summed E-state index contributed by atoms with van der Waals surface area (Å²) in [6, 6.07) is 8.34. The maximum atomic E-state index is 12.5. The van der Waals surface area contributed by atoms with Crippen molar-refractivity contribution in [3.8, 4) is 0 Å². The summed E-state index contributed by atoms with van der Waals surface area (Å²) in [5.74, 6) is -1.60. The fraction of sp³-hybridized carbons (Fsp3) is 0.267. The Kier molecular flexibility index (Phi) is 3.80. The van der Waals surface area contributed by atoms with Gasteiger partial charge in [-0.2, -0.15) is 0 Å². The Hall–Kier alpha value is -1.70. The molecule has 1 aliphatic rings. The standard InChI is InChI=1S/C15H15NO4S2/c1-9-6-7-21-15(9)22(19,20)16-13-8-12(14(17)18)10-4-2-3-5-11(10)13/h2-7,12-13,16H,8H2,1H3,(H,17,18)/t12-,13+/m0/s1. The number of carbonyl (C=O) groups is 1. The second kappa shape index (κ2) is 5.49. The predicted molar refractivity (Wildman–Crippen MR) is 83.6 cm³/mol. The highest BCUT2D eigenvalue weighted by Gasteiger charge is 2.37. The summed E-state index contributed by atoms with van der Waals surface area (Å²) in [4.78, 5) is 11.4. The van der Waals surface area contributed by atoms with E-state index in [0.29, 0.717) is 11.1 Å². The van der Waals surface area contributed by atoms with Crippen molar-refractivity contribution in [1.29, 1.82) is 0 Å². The van der Waals surface area contributed by atoms with Gasteiger partial charge in [0.05, 0.1) is 5.92 Å². The van der Waals surface area contributed by atoms with Crippen molar-refractivity contribution < 1.29 is 18.3 Å². The average molecular weight is 337 g/mol. The summed E-state index contributed by atoms with van der Waals surface area (Å²) in [7, 11) is -3.65. The van der Waals surface area contributed by atoms with Crippen LogP contribution in [0.5, 0.6) is 0 Å². The Bertz CT molecular complexity index is 826. The van der Waals surface area contributed by atoms with Crippen LogP contribution in [0.1, 0.15) is 35.1 Å². The van der Waals surface area contributed by atoms with Crippen LogP contribution in [0.3, 0.4) is 0 Å². The third-order valence-electron chi connectivity index (χ3n) is 3.87. The van der Waals surface area contributed by atoms with E-state index in [1.165, 1.54) is 0 Å². The molecule has 22 heavy (non-hydrogen) atoms. The van der Waals surface area contributed by atoms with E-state index in [1.54, 1.807) is 42.6 Å². The predicted octanol–water partition coefficient (Wildman–Crippen LogP) is 2.65. The quantitative estimate of drug-likeness (QED) is 0.898. The van der Waals surface area contributed by atoms with Gasteiger partial charge in [0.1, 0.15) is 4.21 Å². The summed E-state index contributed by atoms with van der Waals surface area (Å²) in [6.45, 7) is 1.74. The van der Waals surface area contributed by atoms with Crippen molar-refractivity contribution in [2.24, 2.45) is 0 Å². The molecule has 0 unspecified atom stereocenters. The largest absolute Gasteiger partial charge is 0.481 e. The summed E-state index contributed by atoms with van der Waals surface area (Å²) in [6.07, 6.45) is 0.234. The van der Waals surface area contributed by atoms with E-state index in [9.17, 15) is 18.3 Å². The van der Waals surface area contributed by atoms with Gasteiger partial charge in [-0.3, -0.25) is 4.79 Å². The van der Waals surface area contributed by atoms with Crippen LogP contribution in [0, 0.1) is 6.92 Å². The molecule has 0 saturated carbocycles. The Morgan fingerprint density at radius 2 is 1.95 bits per heavy atom. The third-order valence-corrected chi connectivity index (χ3v) is 7.03. The number of fused-ring (bicyclic) bond motifs is 1.